The zero-order chi connectivity index (χ0) is 14.1. The lowest BCUT2D eigenvalue weighted by Gasteiger charge is -2.32. The molecule has 1 aromatic rings. The highest BCUT2D eigenvalue weighted by atomic mass is 32.2. The fraction of sp³-hybridized carbons (Fsp3) is 0.500. The lowest BCUT2D eigenvalue weighted by atomic mass is 9.90. The largest absolute Gasteiger partial charge is 0.487 e. The van der Waals surface area contributed by atoms with E-state index in [1.807, 2.05) is 58.3 Å². The summed E-state index contributed by atoms with van der Waals surface area (Å²) in [5.74, 6) is 1.91. The van der Waals surface area contributed by atoms with Crippen molar-refractivity contribution in [2.75, 3.05) is 6.26 Å². The van der Waals surface area contributed by atoms with Gasteiger partial charge in [-0.2, -0.15) is 0 Å². The molecular formula is C14H20BNO2S. The van der Waals surface area contributed by atoms with Crippen LogP contribution in [0, 0.1) is 0 Å². The molecule has 1 fully saturated rings. The minimum atomic E-state index is -0.313. The summed E-state index contributed by atoms with van der Waals surface area (Å²) in [7, 11) is -0.313. The number of thioether (sulfide) groups is 1. The molecule has 1 saturated heterocycles. The molecule has 3 nitrogen and oxygen atoms in total. The molecule has 2 rings (SSSR count). The third-order valence-corrected chi connectivity index (χ3v) is 4.40. The lowest BCUT2D eigenvalue weighted by Crippen LogP contribution is -2.41. The second-order valence-corrected chi connectivity index (χ2v) is 6.49. The van der Waals surface area contributed by atoms with Crippen LogP contribution in [-0.4, -0.2) is 29.6 Å². The highest BCUT2D eigenvalue weighted by molar-refractivity contribution is 7.98. The molecule has 0 radical (unpaired) electrons. The zero-order valence-electron chi connectivity index (χ0n) is 12.1. The molecule has 0 saturated carbocycles. The van der Waals surface area contributed by atoms with Crippen LogP contribution in [0.1, 0.15) is 33.4 Å². The Labute approximate surface area is 119 Å². The van der Waals surface area contributed by atoms with Gasteiger partial charge < -0.3 is 9.31 Å². The Kier molecular flexibility index (Phi) is 4.09. The van der Waals surface area contributed by atoms with E-state index >= 15 is 0 Å². The predicted octanol–water partition coefficient (Wildman–Crippen LogP) is 3.45. The van der Waals surface area contributed by atoms with Gasteiger partial charge in [0.2, 0.25) is 0 Å². The van der Waals surface area contributed by atoms with Crippen LogP contribution >= 0.6 is 11.8 Å². The molecule has 1 aromatic heterocycles. The molecule has 2 heterocycles. The molecule has 19 heavy (non-hydrogen) atoms. The highest BCUT2D eigenvalue weighted by Crippen LogP contribution is 2.36. The van der Waals surface area contributed by atoms with E-state index in [0.29, 0.717) is 0 Å². The van der Waals surface area contributed by atoms with Crippen molar-refractivity contribution in [2.45, 2.75) is 43.8 Å². The highest BCUT2D eigenvalue weighted by Gasteiger charge is 2.49. The first-order valence-electron chi connectivity index (χ1n) is 6.38. The Morgan fingerprint density at radius 2 is 1.79 bits per heavy atom. The van der Waals surface area contributed by atoms with Crippen molar-refractivity contribution in [2.24, 2.45) is 0 Å². The Bertz CT molecular complexity index is 455. The average molecular weight is 277 g/mol. The molecule has 0 unspecified atom stereocenters. The van der Waals surface area contributed by atoms with Gasteiger partial charge in [-0.05, 0) is 52.2 Å². The Balaban J connectivity index is 2.04. The van der Waals surface area contributed by atoms with Gasteiger partial charge in [-0.1, -0.05) is 5.98 Å². The summed E-state index contributed by atoms with van der Waals surface area (Å²) in [5, 5.41) is 0. The number of nitrogens with zero attached hydrogens (tertiary/aromatic N) is 1. The molecular weight excluding hydrogens is 257 g/mol. The maximum Gasteiger partial charge on any atom is 0.487 e. The van der Waals surface area contributed by atoms with E-state index in [1.165, 1.54) is 0 Å². The van der Waals surface area contributed by atoms with Crippen molar-refractivity contribution >= 4 is 25.0 Å². The van der Waals surface area contributed by atoms with Crippen LogP contribution in [0.4, 0.5) is 0 Å². The molecule has 0 N–H and O–H groups in total. The van der Waals surface area contributed by atoms with Crippen LogP contribution in [0.15, 0.2) is 29.2 Å². The molecule has 0 bridgehead atoms. The second-order valence-electron chi connectivity index (χ2n) is 5.61. The number of hydrogen-bond acceptors (Lipinski definition) is 4. The van der Waals surface area contributed by atoms with Crippen LogP contribution in [0.25, 0.3) is 6.08 Å². The first kappa shape index (κ1) is 14.6. The predicted molar refractivity (Wildman–Crippen MR) is 81.1 cm³/mol. The fourth-order valence-corrected chi connectivity index (χ4v) is 2.12. The van der Waals surface area contributed by atoms with E-state index in [9.17, 15) is 0 Å². The Hall–Kier alpha value is -0.775. The summed E-state index contributed by atoms with van der Waals surface area (Å²) in [6.07, 6.45) is 5.84. The van der Waals surface area contributed by atoms with E-state index in [0.717, 1.165) is 10.6 Å². The van der Waals surface area contributed by atoms with Gasteiger partial charge in [0.15, 0.2) is 0 Å². The summed E-state index contributed by atoms with van der Waals surface area (Å²) in [4.78, 5) is 5.52. The monoisotopic (exact) mass is 277 g/mol. The summed E-state index contributed by atoms with van der Waals surface area (Å²) >= 11 is 1.68. The van der Waals surface area contributed by atoms with Crippen molar-refractivity contribution in [1.29, 1.82) is 0 Å². The second kappa shape index (κ2) is 5.31. The summed E-state index contributed by atoms with van der Waals surface area (Å²) in [6.45, 7) is 8.19. The third kappa shape index (κ3) is 3.22. The van der Waals surface area contributed by atoms with Crippen molar-refractivity contribution in [3.63, 3.8) is 0 Å². The van der Waals surface area contributed by atoms with Gasteiger partial charge in [-0.25, -0.2) is 0 Å². The standard InChI is InChI=1S/C14H20BNO2S/c1-13(2)14(3,4)18-15(17-13)9-8-11-6-7-12(19-5)10-16-11/h6-10H,1-5H3/b9-8+. The molecule has 0 spiro atoms. The van der Waals surface area contributed by atoms with Crippen molar-refractivity contribution < 1.29 is 9.31 Å². The SMILES string of the molecule is CSc1ccc(/C=C/B2OC(C)(C)C(C)(C)O2)nc1. The molecule has 1 aliphatic rings. The minimum absolute atomic E-state index is 0.294. The lowest BCUT2D eigenvalue weighted by molar-refractivity contribution is 0.00578. The third-order valence-electron chi connectivity index (χ3n) is 3.69. The number of pyridine rings is 1. The number of rotatable bonds is 3. The van der Waals surface area contributed by atoms with E-state index in [1.54, 1.807) is 11.8 Å². The first-order valence-corrected chi connectivity index (χ1v) is 7.60. The number of aromatic nitrogens is 1. The van der Waals surface area contributed by atoms with Gasteiger partial charge in [0.1, 0.15) is 0 Å². The van der Waals surface area contributed by atoms with Crippen molar-refractivity contribution in [3.05, 3.63) is 30.0 Å². The minimum Gasteiger partial charge on any atom is -0.400 e. The quantitative estimate of drug-likeness (QED) is 0.625. The van der Waals surface area contributed by atoms with E-state index in [4.69, 9.17) is 9.31 Å². The molecule has 0 aromatic carbocycles. The van der Waals surface area contributed by atoms with Crippen LogP contribution in [-0.2, 0) is 9.31 Å². The van der Waals surface area contributed by atoms with Crippen LogP contribution in [0.5, 0.6) is 0 Å². The summed E-state index contributed by atoms with van der Waals surface area (Å²) in [5.41, 5.74) is 0.323. The zero-order valence-corrected chi connectivity index (χ0v) is 13.0. The van der Waals surface area contributed by atoms with Crippen LogP contribution in [0.3, 0.4) is 0 Å². The topological polar surface area (TPSA) is 31.4 Å². The van der Waals surface area contributed by atoms with E-state index in [2.05, 4.69) is 11.1 Å². The van der Waals surface area contributed by atoms with Gasteiger partial charge in [0.05, 0.1) is 16.9 Å². The molecule has 0 amide bonds. The first-order chi connectivity index (χ1) is 8.84. The van der Waals surface area contributed by atoms with Crippen molar-refractivity contribution in [3.8, 4) is 0 Å². The van der Waals surface area contributed by atoms with Gasteiger partial charge in [-0.3, -0.25) is 4.98 Å². The Morgan fingerprint density at radius 1 is 1.16 bits per heavy atom. The smallest absolute Gasteiger partial charge is 0.400 e. The van der Waals surface area contributed by atoms with Crippen LogP contribution in [0.2, 0.25) is 0 Å². The molecule has 1 aliphatic heterocycles. The molecule has 102 valence electrons. The maximum absolute atomic E-state index is 5.89. The molecule has 5 heteroatoms. The summed E-state index contributed by atoms with van der Waals surface area (Å²) in [6, 6.07) is 4.05. The normalized spacial score (nSPS) is 21.2. The Morgan fingerprint density at radius 3 is 2.26 bits per heavy atom. The van der Waals surface area contributed by atoms with Gasteiger partial charge >= 0.3 is 7.12 Å². The van der Waals surface area contributed by atoms with Gasteiger partial charge in [-0.15, -0.1) is 11.8 Å². The molecule has 0 atom stereocenters. The van der Waals surface area contributed by atoms with E-state index < -0.39 is 0 Å². The van der Waals surface area contributed by atoms with Gasteiger partial charge in [0, 0.05) is 11.1 Å². The van der Waals surface area contributed by atoms with E-state index in [-0.39, 0.29) is 18.3 Å². The number of hydrogen-bond donors (Lipinski definition) is 0. The van der Waals surface area contributed by atoms with Crippen LogP contribution < -0.4 is 0 Å². The fourth-order valence-electron chi connectivity index (χ4n) is 1.76. The maximum atomic E-state index is 5.89. The average Bonchev–Trinajstić information content (AvgIpc) is 2.56. The summed E-state index contributed by atoms with van der Waals surface area (Å²) < 4.78 is 11.8. The molecule has 0 aliphatic carbocycles. The van der Waals surface area contributed by atoms with Crippen molar-refractivity contribution in [1.82, 2.24) is 4.98 Å². The van der Waals surface area contributed by atoms with Gasteiger partial charge in [0.25, 0.3) is 0 Å².